The minimum atomic E-state index is -2.84. The van der Waals surface area contributed by atoms with Crippen molar-refractivity contribution in [2.45, 2.75) is 19.1 Å². The molecule has 5 nitrogen and oxygen atoms in total. The van der Waals surface area contributed by atoms with Gasteiger partial charge in [0.1, 0.15) is 11.7 Å². The second-order valence-corrected chi connectivity index (χ2v) is 4.24. The van der Waals surface area contributed by atoms with E-state index in [2.05, 4.69) is 5.32 Å². The van der Waals surface area contributed by atoms with Crippen molar-refractivity contribution in [1.29, 1.82) is 0 Å². The zero-order valence-corrected chi connectivity index (χ0v) is 10.3. The third kappa shape index (κ3) is 2.94. The molecule has 0 aliphatic heterocycles. The zero-order chi connectivity index (χ0) is 14.7. The zero-order valence-electron chi connectivity index (χ0n) is 10.3. The van der Waals surface area contributed by atoms with E-state index in [9.17, 15) is 13.6 Å². The number of aliphatic hydroxyl groups excluding tert-OH is 1. The number of para-hydroxylation sites is 1. The lowest BCUT2D eigenvalue weighted by atomic mass is 10.1. The van der Waals surface area contributed by atoms with E-state index in [0.29, 0.717) is 16.5 Å². The number of aromatic carboxylic acids is 1. The molecule has 1 aromatic carbocycles. The van der Waals surface area contributed by atoms with Gasteiger partial charge in [0.25, 0.3) is 6.43 Å². The Balaban J connectivity index is 2.19. The first-order chi connectivity index (χ1) is 9.50. The topological polar surface area (TPSA) is 82.7 Å². The summed E-state index contributed by atoms with van der Waals surface area (Å²) < 4.78 is 29.5. The van der Waals surface area contributed by atoms with Gasteiger partial charge in [-0.1, -0.05) is 18.2 Å². The van der Waals surface area contributed by atoms with Crippen LogP contribution in [0.2, 0.25) is 0 Å². The number of carboxylic acid groups (broad SMARTS) is 1. The van der Waals surface area contributed by atoms with Gasteiger partial charge in [0.05, 0.1) is 0 Å². The Kier molecular flexibility index (Phi) is 4.31. The standard InChI is InChI=1S/C13H13F2NO4/c14-12(15)9(17)6-16-5-8-7-3-1-2-4-10(7)20-11(8)13(18)19/h1-4,9,12,16-17H,5-6H2,(H,18,19). The quantitative estimate of drug-likeness (QED) is 0.754. The van der Waals surface area contributed by atoms with Crippen LogP contribution in [0.15, 0.2) is 28.7 Å². The fraction of sp³-hybridized carbons (Fsp3) is 0.308. The summed E-state index contributed by atoms with van der Waals surface area (Å²) in [7, 11) is 0. The maximum absolute atomic E-state index is 12.2. The minimum Gasteiger partial charge on any atom is -0.475 e. The van der Waals surface area contributed by atoms with E-state index in [1.165, 1.54) is 0 Å². The number of aliphatic hydroxyl groups is 1. The van der Waals surface area contributed by atoms with Crippen LogP contribution >= 0.6 is 0 Å². The van der Waals surface area contributed by atoms with Gasteiger partial charge in [-0.15, -0.1) is 0 Å². The number of hydrogen-bond donors (Lipinski definition) is 3. The maximum Gasteiger partial charge on any atom is 0.372 e. The van der Waals surface area contributed by atoms with Gasteiger partial charge in [-0.2, -0.15) is 0 Å². The van der Waals surface area contributed by atoms with Gasteiger partial charge in [0, 0.05) is 24.0 Å². The highest BCUT2D eigenvalue weighted by Gasteiger charge is 2.21. The number of rotatable bonds is 6. The third-order valence-corrected chi connectivity index (χ3v) is 2.84. The van der Waals surface area contributed by atoms with Crippen LogP contribution in [0.25, 0.3) is 11.0 Å². The normalized spacial score (nSPS) is 13.0. The summed E-state index contributed by atoms with van der Waals surface area (Å²) in [5, 5.41) is 21.3. The van der Waals surface area contributed by atoms with Crippen LogP contribution in [0.1, 0.15) is 16.1 Å². The van der Waals surface area contributed by atoms with Crippen LogP contribution < -0.4 is 5.32 Å². The Labute approximate surface area is 112 Å². The highest BCUT2D eigenvalue weighted by molar-refractivity contribution is 5.95. The van der Waals surface area contributed by atoms with Crippen molar-refractivity contribution >= 4 is 16.9 Å². The molecule has 0 aliphatic carbocycles. The molecule has 3 N–H and O–H groups in total. The molecule has 0 amide bonds. The summed E-state index contributed by atoms with van der Waals surface area (Å²) >= 11 is 0. The third-order valence-electron chi connectivity index (χ3n) is 2.84. The summed E-state index contributed by atoms with van der Waals surface area (Å²) in [6.07, 6.45) is -4.64. The summed E-state index contributed by atoms with van der Waals surface area (Å²) in [5.74, 6) is -1.46. The highest BCUT2D eigenvalue weighted by atomic mass is 19.3. The van der Waals surface area contributed by atoms with E-state index in [-0.39, 0.29) is 18.8 Å². The second-order valence-electron chi connectivity index (χ2n) is 4.24. The molecule has 0 aliphatic rings. The van der Waals surface area contributed by atoms with Gasteiger partial charge in [-0.25, -0.2) is 13.6 Å². The Morgan fingerprint density at radius 2 is 2.05 bits per heavy atom. The lowest BCUT2D eigenvalue weighted by molar-refractivity contribution is -0.00341. The van der Waals surface area contributed by atoms with Crippen molar-refractivity contribution in [3.8, 4) is 0 Å². The molecule has 0 fully saturated rings. The predicted octanol–water partition coefficient (Wildman–Crippen LogP) is 1.85. The van der Waals surface area contributed by atoms with E-state index in [1.807, 2.05) is 0 Å². The Morgan fingerprint density at radius 1 is 1.35 bits per heavy atom. The van der Waals surface area contributed by atoms with E-state index in [1.54, 1.807) is 24.3 Å². The molecule has 1 heterocycles. The van der Waals surface area contributed by atoms with E-state index < -0.39 is 18.5 Å². The number of furan rings is 1. The number of benzene rings is 1. The largest absolute Gasteiger partial charge is 0.475 e. The first-order valence-electron chi connectivity index (χ1n) is 5.91. The molecule has 20 heavy (non-hydrogen) atoms. The number of fused-ring (bicyclic) bond motifs is 1. The lowest BCUT2D eigenvalue weighted by Crippen LogP contribution is -2.31. The molecule has 0 radical (unpaired) electrons. The van der Waals surface area contributed by atoms with E-state index >= 15 is 0 Å². The smallest absolute Gasteiger partial charge is 0.372 e. The van der Waals surface area contributed by atoms with Crippen LogP contribution in [0.3, 0.4) is 0 Å². The van der Waals surface area contributed by atoms with Crippen molar-refractivity contribution < 1.29 is 28.2 Å². The van der Waals surface area contributed by atoms with Crippen LogP contribution in [-0.2, 0) is 6.54 Å². The maximum atomic E-state index is 12.2. The van der Waals surface area contributed by atoms with Crippen LogP contribution in [-0.4, -0.2) is 35.3 Å². The van der Waals surface area contributed by atoms with Crippen LogP contribution in [0.5, 0.6) is 0 Å². The summed E-state index contributed by atoms with van der Waals surface area (Å²) in [6, 6.07) is 6.74. The Bertz CT molecular complexity index is 611. The average molecular weight is 285 g/mol. The predicted molar refractivity (Wildman–Crippen MR) is 66.9 cm³/mol. The number of carbonyl (C=O) groups is 1. The van der Waals surface area contributed by atoms with Crippen LogP contribution in [0, 0.1) is 0 Å². The van der Waals surface area contributed by atoms with Crippen molar-refractivity contribution in [3.63, 3.8) is 0 Å². The van der Waals surface area contributed by atoms with Crippen molar-refractivity contribution in [1.82, 2.24) is 5.32 Å². The molecule has 108 valence electrons. The molecule has 1 unspecified atom stereocenters. The molecule has 1 aromatic heterocycles. The molecular weight excluding hydrogens is 272 g/mol. The molecular formula is C13H13F2NO4. The molecule has 0 spiro atoms. The van der Waals surface area contributed by atoms with Gasteiger partial charge in [-0.3, -0.25) is 0 Å². The molecule has 0 bridgehead atoms. The van der Waals surface area contributed by atoms with Gasteiger partial charge >= 0.3 is 5.97 Å². The first kappa shape index (κ1) is 14.4. The summed E-state index contributed by atoms with van der Waals surface area (Å²) in [6.45, 7) is -0.321. The molecule has 1 atom stereocenters. The number of alkyl halides is 2. The van der Waals surface area contributed by atoms with Crippen molar-refractivity contribution in [2.75, 3.05) is 6.54 Å². The molecule has 2 rings (SSSR count). The SMILES string of the molecule is O=C(O)c1oc2ccccc2c1CNCC(O)C(F)F. The minimum absolute atomic E-state index is 0.0163. The van der Waals surface area contributed by atoms with Crippen molar-refractivity contribution in [2.24, 2.45) is 0 Å². The van der Waals surface area contributed by atoms with Gasteiger partial charge in [0.2, 0.25) is 5.76 Å². The van der Waals surface area contributed by atoms with Gasteiger partial charge < -0.3 is 19.9 Å². The second kappa shape index (κ2) is 5.98. The number of halogens is 2. The number of hydrogen-bond acceptors (Lipinski definition) is 4. The number of carboxylic acids is 1. The fourth-order valence-electron chi connectivity index (χ4n) is 1.88. The fourth-order valence-corrected chi connectivity index (χ4v) is 1.88. The Morgan fingerprint density at radius 3 is 2.70 bits per heavy atom. The summed E-state index contributed by atoms with van der Waals surface area (Å²) in [5.41, 5.74) is 0.783. The first-order valence-corrected chi connectivity index (χ1v) is 5.91. The number of nitrogens with one attached hydrogen (secondary N) is 1. The highest BCUT2D eigenvalue weighted by Crippen LogP contribution is 2.25. The van der Waals surface area contributed by atoms with Crippen LogP contribution in [0.4, 0.5) is 8.78 Å². The monoisotopic (exact) mass is 285 g/mol. The van der Waals surface area contributed by atoms with E-state index in [4.69, 9.17) is 14.6 Å². The summed E-state index contributed by atoms with van der Waals surface area (Å²) in [4.78, 5) is 11.1. The molecule has 2 aromatic rings. The van der Waals surface area contributed by atoms with Crippen molar-refractivity contribution in [3.05, 3.63) is 35.6 Å². The molecule has 7 heteroatoms. The van der Waals surface area contributed by atoms with E-state index in [0.717, 1.165) is 0 Å². The van der Waals surface area contributed by atoms with Gasteiger partial charge in [0.15, 0.2) is 0 Å². The lowest BCUT2D eigenvalue weighted by Gasteiger charge is -2.10. The Hall–Kier alpha value is -1.99. The molecule has 0 saturated carbocycles. The van der Waals surface area contributed by atoms with Gasteiger partial charge in [-0.05, 0) is 6.07 Å². The molecule has 0 saturated heterocycles. The average Bonchev–Trinajstić information content (AvgIpc) is 2.78.